The molecule has 2 aliphatic rings. The Labute approximate surface area is 163 Å². The third kappa shape index (κ3) is 3.74. The van der Waals surface area contributed by atoms with Crippen molar-refractivity contribution in [3.8, 4) is 17.2 Å². The lowest BCUT2D eigenvalue weighted by molar-refractivity contribution is -0.121. The first-order chi connectivity index (χ1) is 13.6. The number of carbonyl (C=O) groups is 2. The second-order valence-electron chi connectivity index (χ2n) is 6.86. The number of anilines is 1. The Balaban J connectivity index is 1.33. The Morgan fingerprint density at radius 3 is 2.64 bits per heavy atom. The number of likely N-dealkylation sites (tertiary alicyclic amines) is 1. The quantitative estimate of drug-likeness (QED) is 0.880. The van der Waals surface area contributed by atoms with Gasteiger partial charge >= 0.3 is 0 Å². The smallest absolute Gasteiger partial charge is 0.253 e. The number of carbonyl (C=O) groups excluding carboxylic acids is 2. The van der Waals surface area contributed by atoms with E-state index < -0.39 is 0 Å². The van der Waals surface area contributed by atoms with Gasteiger partial charge in [0.2, 0.25) is 12.7 Å². The molecule has 2 aliphatic heterocycles. The Bertz CT molecular complexity index is 890. The lowest BCUT2D eigenvalue weighted by Crippen LogP contribution is -2.41. The molecule has 1 N–H and O–H groups in total. The molecular formula is C21H22N2O5. The van der Waals surface area contributed by atoms with Gasteiger partial charge in [-0.05, 0) is 43.2 Å². The molecule has 7 heteroatoms. The highest BCUT2D eigenvalue weighted by Gasteiger charge is 2.28. The minimum atomic E-state index is -0.125. The van der Waals surface area contributed by atoms with Crippen LogP contribution in [0.1, 0.15) is 23.2 Å². The molecule has 0 aliphatic carbocycles. The highest BCUT2D eigenvalue weighted by atomic mass is 16.7. The van der Waals surface area contributed by atoms with Crippen molar-refractivity contribution >= 4 is 17.5 Å². The molecule has 7 nitrogen and oxygen atoms in total. The molecule has 1 fully saturated rings. The number of hydrogen-bond donors (Lipinski definition) is 1. The van der Waals surface area contributed by atoms with Crippen molar-refractivity contribution in [1.29, 1.82) is 0 Å². The number of ether oxygens (including phenoxy) is 3. The summed E-state index contributed by atoms with van der Waals surface area (Å²) < 4.78 is 15.8. The first-order valence-corrected chi connectivity index (χ1v) is 9.28. The van der Waals surface area contributed by atoms with E-state index in [1.165, 1.54) is 0 Å². The largest absolute Gasteiger partial charge is 0.497 e. The maximum Gasteiger partial charge on any atom is 0.253 e. The van der Waals surface area contributed by atoms with Gasteiger partial charge in [-0.1, -0.05) is 6.07 Å². The lowest BCUT2D eigenvalue weighted by atomic mass is 9.95. The van der Waals surface area contributed by atoms with Crippen molar-refractivity contribution in [3.05, 3.63) is 48.0 Å². The van der Waals surface area contributed by atoms with Crippen molar-refractivity contribution in [2.24, 2.45) is 5.92 Å². The van der Waals surface area contributed by atoms with Crippen LogP contribution in [0.25, 0.3) is 0 Å². The molecule has 28 heavy (non-hydrogen) atoms. The van der Waals surface area contributed by atoms with Gasteiger partial charge in [-0.3, -0.25) is 9.59 Å². The van der Waals surface area contributed by atoms with Gasteiger partial charge in [-0.2, -0.15) is 0 Å². The predicted octanol–water partition coefficient (Wildman–Crippen LogP) is 2.91. The van der Waals surface area contributed by atoms with Crippen molar-refractivity contribution in [1.82, 2.24) is 4.90 Å². The van der Waals surface area contributed by atoms with E-state index in [2.05, 4.69) is 5.32 Å². The molecule has 0 aromatic heterocycles. The van der Waals surface area contributed by atoms with Crippen molar-refractivity contribution in [3.63, 3.8) is 0 Å². The number of nitrogens with zero attached hydrogens (tertiary/aromatic N) is 1. The van der Waals surface area contributed by atoms with Crippen LogP contribution in [0, 0.1) is 5.92 Å². The summed E-state index contributed by atoms with van der Waals surface area (Å²) in [4.78, 5) is 27.1. The zero-order valence-electron chi connectivity index (χ0n) is 15.6. The van der Waals surface area contributed by atoms with Gasteiger partial charge < -0.3 is 24.4 Å². The number of hydrogen-bond acceptors (Lipinski definition) is 5. The van der Waals surface area contributed by atoms with E-state index in [4.69, 9.17) is 14.2 Å². The van der Waals surface area contributed by atoms with E-state index >= 15 is 0 Å². The zero-order valence-corrected chi connectivity index (χ0v) is 15.6. The van der Waals surface area contributed by atoms with Gasteiger partial charge in [-0.15, -0.1) is 0 Å². The maximum atomic E-state index is 12.7. The minimum Gasteiger partial charge on any atom is -0.497 e. The lowest BCUT2D eigenvalue weighted by Gasteiger charge is -2.31. The molecule has 0 unspecified atom stereocenters. The summed E-state index contributed by atoms with van der Waals surface area (Å²) in [6, 6.07) is 12.5. The number of nitrogens with one attached hydrogen (secondary N) is 1. The normalized spacial score (nSPS) is 16.0. The Kier molecular flexibility index (Phi) is 5.06. The van der Waals surface area contributed by atoms with Crippen LogP contribution in [0.5, 0.6) is 17.2 Å². The number of methoxy groups -OCH3 is 1. The number of rotatable bonds is 4. The van der Waals surface area contributed by atoms with Gasteiger partial charge in [0, 0.05) is 36.3 Å². The molecule has 2 amide bonds. The topological polar surface area (TPSA) is 77.1 Å². The Morgan fingerprint density at radius 2 is 1.86 bits per heavy atom. The van der Waals surface area contributed by atoms with Crippen LogP contribution < -0.4 is 19.5 Å². The van der Waals surface area contributed by atoms with Crippen molar-refractivity contribution in [2.75, 3.05) is 32.3 Å². The summed E-state index contributed by atoms with van der Waals surface area (Å²) in [6.45, 7) is 1.30. The molecule has 146 valence electrons. The third-order valence-corrected chi connectivity index (χ3v) is 5.11. The molecule has 0 spiro atoms. The van der Waals surface area contributed by atoms with Gasteiger partial charge in [0.25, 0.3) is 5.91 Å². The molecule has 2 heterocycles. The first-order valence-electron chi connectivity index (χ1n) is 9.28. The van der Waals surface area contributed by atoms with Crippen LogP contribution in [0.4, 0.5) is 5.69 Å². The van der Waals surface area contributed by atoms with Gasteiger partial charge in [0.1, 0.15) is 5.75 Å². The fraction of sp³-hybridized carbons (Fsp3) is 0.333. The third-order valence-electron chi connectivity index (χ3n) is 5.11. The summed E-state index contributed by atoms with van der Waals surface area (Å²) >= 11 is 0. The second-order valence-corrected chi connectivity index (χ2v) is 6.86. The summed E-state index contributed by atoms with van der Waals surface area (Å²) in [5, 5.41) is 2.94. The van der Waals surface area contributed by atoms with E-state index in [9.17, 15) is 9.59 Å². The second kappa shape index (κ2) is 7.80. The highest BCUT2D eigenvalue weighted by molar-refractivity contribution is 5.95. The van der Waals surface area contributed by atoms with Gasteiger partial charge in [0.05, 0.1) is 7.11 Å². The van der Waals surface area contributed by atoms with Crippen LogP contribution >= 0.6 is 0 Å². The summed E-state index contributed by atoms with van der Waals surface area (Å²) in [7, 11) is 1.58. The average Bonchev–Trinajstić information content (AvgIpc) is 3.21. The number of amides is 2. The molecule has 4 rings (SSSR count). The SMILES string of the molecule is COc1cccc(C(=O)N2CCC(C(=O)Nc3ccc4c(c3)OCO4)CC2)c1. The summed E-state index contributed by atoms with van der Waals surface area (Å²) in [5.74, 6) is 1.78. The average molecular weight is 382 g/mol. The highest BCUT2D eigenvalue weighted by Crippen LogP contribution is 2.34. The Hall–Kier alpha value is -3.22. The Morgan fingerprint density at radius 1 is 1.07 bits per heavy atom. The monoisotopic (exact) mass is 382 g/mol. The molecular weight excluding hydrogens is 360 g/mol. The standard InChI is InChI=1S/C21H22N2O5/c1-26-17-4-2-3-15(11-17)21(25)23-9-7-14(8-10-23)20(24)22-16-5-6-18-19(12-16)28-13-27-18/h2-6,11-12,14H,7-10,13H2,1H3,(H,22,24). The zero-order chi connectivity index (χ0) is 19.5. The van der Waals surface area contributed by atoms with E-state index in [1.807, 2.05) is 6.07 Å². The molecule has 0 saturated carbocycles. The van der Waals surface area contributed by atoms with E-state index in [-0.39, 0.29) is 24.5 Å². The molecule has 2 aromatic carbocycles. The van der Waals surface area contributed by atoms with E-state index in [0.717, 1.165) is 0 Å². The fourth-order valence-electron chi connectivity index (χ4n) is 3.50. The minimum absolute atomic E-state index is 0.0338. The van der Waals surface area contributed by atoms with E-state index in [1.54, 1.807) is 48.4 Å². The number of benzene rings is 2. The molecule has 0 atom stereocenters. The summed E-state index contributed by atoms with van der Waals surface area (Å²) in [6.07, 6.45) is 1.26. The van der Waals surface area contributed by atoms with E-state index in [0.29, 0.717) is 54.4 Å². The van der Waals surface area contributed by atoms with Crippen LogP contribution in [-0.2, 0) is 4.79 Å². The predicted molar refractivity (Wildman–Crippen MR) is 103 cm³/mol. The van der Waals surface area contributed by atoms with Gasteiger partial charge in [-0.25, -0.2) is 0 Å². The molecule has 0 radical (unpaired) electrons. The van der Waals surface area contributed by atoms with Crippen LogP contribution in [0.3, 0.4) is 0 Å². The van der Waals surface area contributed by atoms with Crippen LogP contribution in [-0.4, -0.2) is 43.7 Å². The molecule has 0 bridgehead atoms. The van der Waals surface area contributed by atoms with Gasteiger partial charge in [0.15, 0.2) is 11.5 Å². The fourth-order valence-corrected chi connectivity index (χ4v) is 3.50. The number of fused-ring (bicyclic) bond motifs is 1. The van der Waals surface area contributed by atoms with Crippen molar-refractivity contribution < 1.29 is 23.8 Å². The molecule has 2 aromatic rings. The van der Waals surface area contributed by atoms with Crippen LogP contribution in [0.15, 0.2) is 42.5 Å². The van der Waals surface area contributed by atoms with Crippen LogP contribution in [0.2, 0.25) is 0 Å². The maximum absolute atomic E-state index is 12.7. The number of piperidine rings is 1. The first kappa shape index (κ1) is 18.2. The van der Waals surface area contributed by atoms with Crippen molar-refractivity contribution in [2.45, 2.75) is 12.8 Å². The summed E-state index contributed by atoms with van der Waals surface area (Å²) in [5.41, 5.74) is 1.28. The molecule has 1 saturated heterocycles.